The molecule has 0 aliphatic carbocycles. The molecule has 0 radical (unpaired) electrons. The van der Waals surface area contributed by atoms with Gasteiger partial charge in [-0.05, 0) is 68.2 Å². The summed E-state index contributed by atoms with van der Waals surface area (Å²) in [7, 11) is 1.57. The molecule has 0 saturated carbocycles. The van der Waals surface area contributed by atoms with Gasteiger partial charge in [-0.25, -0.2) is 9.78 Å². The van der Waals surface area contributed by atoms with Gasteiger partial charge in [0.15, 0.2) is 5.96 Å². The Hall–Kier alpha value is -6.78. The molecule has 382 valence electrons. The maximum atomic E-state index is 14.5. The molecule has 1 aliphatic rings. The average molecular weight is 968 g/mol. The lowest BCUT2D eigenvalue weighted by Crippen LogP contribution is -2.62. The van der Waals surface area contributed by atoms with Gasteiger partial charge in [-0.3, -0.25) is 38.6 Å². The third-order valence-corrected chi connectivity index (χ3v) is 12.2. The van der Waals surface area contributed by atoms with Crippen LogP contribution in [0.5, 0.6) is 5.75 Å². The first kappa shape index (κ1) is 56.5. The number of carbonyl (C=O) groups is 8. The van der Waals surface area contributed by atoms with E-state index in [1.165, 1.54) is 29.6 Å². The average Bonchev–Trinajstić information content (AvgIpc) is 4.02. The number of imidazole rings is 1. The van der Waals surface area contributed by atoms with Crippen molar-refractivity contribution < 1.29 is 48.6 Å². The summed E-state index contributed by atoms with van der Waals surface area (Å²) in [6, 6.07) is -2.38. The molecule has 23 nitrogen and oxygen atoms in total. The van der Waals surface area contributed by atoms with Crippen LogP contribution in [0.3, 0.4) is 0 Å². The lowest BCUT2D eigenvalue weighted by Gasteiger charge is -2.32. The molecular weight excluding hydrogens is 895 g/mol. The predicted molar refractivity (Wildman–Crippen MR) is 256 cm³/mol. The largest absolute Gasteiger partial charge is 0.508 e. The summed E-state index contributed by atoms with van der Waals surface area (Å²) in [4.78, 5) is 122. The molecule has 1 fully saturated rings. The van der Waals surface area contributed by atoms with Crippen LogP contribution in [0.25, 0.3) is 0 Å². The van der Waals surface area contributed by atoms with Gasteiger partial charge in [0.25, 0.3) is 0 Å². The highest BCUT2D eigenvalue weighted by Gasteiger charge is 2.41. The Morgan fingerprint density at radius 2 is 1.41 bits per heavy atom. The van der Waals surface area contributed by atoms with Crippen LogP contribution in [0.4, 0.5) is 0 Å². The maximum absolute atomic E-state index is 14.5. The number of carboxylic acid groups (broad SMARTS) is 1. The maximum Gasteiger partial charge on any atom is 0.326 e. The second kappa shape index (κ2) is 27.9. The van der Waals surface area contributed by atoms with Crippen LogP contribution >= 0.6 is 0 Å². The summed E-state index contributed by atoms with van der Waals surface area (Å²) < 4.78 is 0. The number of phenols is 1. The molecule has 14 N–H and O–H groups in total. The van der Waals surface area contributed by atoms with Crippen LogP contribution in [0, 0.1) is 17.8 Å². The zero-order chi connectivity index (χ0) is 51.4. The number of aromatic hydroxyl groups is 1. The monoisotopic (exact) mass is 968 g/mol. The summed E-state index contributed by atoms with van der Waals surface area (Å²) >= 11 is 0. The number of guanidine groups is 1. The number of likely N-dealkylation sites (N-methyl/N-ethyl adjacent to an activating group) is 1. The van der Waals surface area contributed by atoms with Crippen molar-refractivity contribution in [1.29, 1.82) is 0 Å². The third-order valence-electron chi connectivity index (χ3n) is 12.2. The minimum atomic E-state index is -1.35. The number of likely N-dealkylation sites (tertiary alicyclic amines) is 1. The van der Waals surface area contributed by atoms with Crippen molar-refractivity contribution in [2.75, 3.05) is 26.7 Å². The standard InChI is InChI=1S/C46H73N13O10/c1-8-26(5)37(43(66)55-33(21-29-22-50-24-52-29)44(67)59-19-11-13-34(59)41(64)58-38(45(68)69)27(6)9-2)57-40(63)32(20-28-14-16-30(60)17-15-28)54-42(65)36(25(3)4)56-39(62)31(53-35(61)23-49-7)12-10-18-51-46(47)48/h14-17,22,24-27,31-34,36-38,49,60H,8-13,18-21,23H2,1-7H3,(H,50,52)(H,53,61)(H,54,65)(H,55,66)(H,56,62)(H,57,63)(H,58,64)(H,68,69)(H4,47,48,51)/t26-,27?,31-,32-,33-,34-,36-,37-,38-/m0/s1. The highest BCUT2D eigenvalue weighted by atomic mass is 16.4. The quantitative estimate of drug-likeness (QED) is 0.0274. The van der Waals surface area contributed by atoms with Gasteiger partial charge in [0.2, 0.25) is 41.4 Å². The highest BCUT2D eigenvalue weighted by molar-refractivity contribution is 5.98. The van der Waals surface area contributed by atoms with E-state index in [9.17, 15) is 48.6 Å². The second-order valence-corrected chi connectivity index (χ2v) is 17.9. The number of nitrogens with one attached hydrogen (secondary N) is 8. The molecule has 2 heterocycles. The zero-order valence-electron chi connectivity index (χ0n) is 40.7. The number of hydrogen-bond donors (Lipinski definition) is 12. The molecule has 9 atom stereocenters. The number of hydrogen-bond acceptors (Lipinski definition) is 12. The van der Waals surface area contributed by atoms with Gasteiger partial charge in [-0.2, -0.15) is 0 Å². The lowest BCUT2D eigenvalue weighted by molar-refractivity contribution is -0.146. The van der Waals surface area contributed by atoms with Crippen molar-refractivity contribution in [2.45, 2.75) is 135 Å². The van der Waals surface area contributed by atoms with E-state index in [4.69, 9.17) is 11.5 Å². The molecule has 0 spiro atoms. The number of aromatic amines is 1. The number of aliphatic imine (C=N–C) groups is 1. The van der Waals surface area contributed by atoms with E-state index in [1.807, 2.05) is 13.8 Å². The number of amides is 7. The molecule has 1 unspecified atom stereocenters. The molecule has 1 aliphatic heterocycles. The summed E-state index contributed by atoms with van der Waals surface area (Å²) in [5.74, 6) is -7.40. The Morgan fingerprint density at radius 3 is 1.99 bits per heavy atom. The van der Waals surface area contributed by atoms with Gasteiger partial charge < -0.3 is 68.8 Å². The Balaban J connectivity index is 1.92. The van der Waals surface area contributed by atoms with E-state index < -0.39 is 101 Å². The number of aromatic nitrogens is 2. The molecule has 1 aromatic carbocycles. The van der Waals surface area contributed by atoms with Gasteiger partial charge >= 0.3 is 5.97 Å². The molecule has 7 amide bonds. The molecular formula is C46H73N13O10. The Labute approximate surface area is 402 Å². The van der Waals surface area contributed by atoms with E-state index >= 15 is 0 Å². The first-order chi connectivity index (χ1) is 32.7. The second-order valence-electron chi connectivity index (χ2n) is 17.9. The fourth-order valence-electron chi connectivity index (χ4n) is 7.77. The highest BCUT2D eigenvalue weighted by Crippen LogP contribution is 2.22. The van der Waals surface area contributed by atoms with E-state index in [2.05, 4.69) is 52.2 Å². The molecule has 0 bridgehead atoms. The fourth-order valence-corrected chi connectivity index (χ4v) is 7.77. The number of carbonyl (C=O) groups excluding carboxylic acids is 7. The van der Waals surface area contributed by atoms with Crippen molar-refractivity contribution in [3.05, 3.63) is 48.0 Å². The zero-order valence-corrected chi connectivity index (χ0v) is 40.7. The fraction of sp³-hybridized carbons (Fsp3) is 0.609. The van der Waals surface area contributed by atoms with Gasteiger partial charge in [0.05, 0.1) is 12.9 Å². The van der Waals surface area contributed by atoms with Crippen LogP contribution in [0.1, 0.15) is 91.3 Å². The topological polar surface area (TPSA) is 358 Å². The first-order valence-corrected chi connectivity index (χ1v) is 23.5. The number of carboxylic acids is 1. The SMILES string of the molecule is CCC(C)[C@H](NC(=O)[C@@H]1CCCN1C(=O)[C@H](Cc1cnc[nH]1)NC(=O)[C@@H](NC(=O)[C@H](Cc1ccc(O)cc1)NC(=O)[C@@H](NC(=O)[C@H](CCCN=C(N)N)NC(=O)CNC)C(C)C)[C@@H](C)CC)C(=O)O. The number of nitrogens with zero attached hydrogens (tertiary/aromatic N) is 3. The van der Waals surface area contributed by atoms with E-state index in [1.54, 1.807) is 46.9 Å². The molecule has 69 heavy (non-hydrogen) atoms. The minimum Gasteiger partial charge on any atom is -0.508 e. The summed E-state index contributed by atoms with van der Waals surface area (Å²) in [6.45, 7) is 10.7. The van der Waals surface area contributed by atoms with Crippen molar-refractivity contribution in [3.63, 3.8) is 0 Å². The summed E-state index contributed by atoms with van der Waals surface area (Å²) in [6.07, 6.45) is 4.75. The summed E-state index contributed by atoms with van der Waals surface area (Å²) in [5, 5.41) is 38.9. The van der Waals surface area contributed by atoms with Crippen LogP contribution in [-0.4, -0.2) is 147 Å². The van der Waals surface area contributed by atoms with E-state index in [0.717, 1.165) is 0 Å². The van der Waals surface area contributed by atoms with Crippen molar-refractivity contribution in [3.8, 4) is 5.75 Å². The van der Waals surface area contributed by atoms with Crippen molar-refractivity contribution in [1.82, 2.24) is 52.1 Å². The normalized spacial score (nSPS) is 16.9. The minimum absolute atomic E-state index is 0.0369. The predicted octanol–water partition coefficient (Wildman–Crippen LogP) is -1.09. The van der Waals surface area contributed by atoms with Crippen LogP contribution in [-0.2, 0) is 51.2 Å². The van der Waals surface area contributed by atoms with Crippen LogP contribution < -0.4 is 48.7 Å². The van der Waals surface area contributed by atoms with Crippen molar-refractivity contribution >= 4 is 53.3 Å². The Bertz CT molecular complexity index is 2060. The first-order valence-electron chi connectivity index (χ1n) is 23.5. The van der Waals surface area contributed by atoms with E-state index in [-0.39, 0.29) is 62.9 Å². The molecule has 1 saturated heterocycles. The number of benzene rings is 1. The lowest BCUT2D eigenvalue weighted by atomic mass is 9.96. The molecule has 2 aromatic rings. The van der Waals surface area contributed by atoms with Gasteiger partial charge in [0, 0.05) is 37.8 Å². The molecule has 23 heteroatoms. The van der Waals surface area contributed by atoms with Crippen LogP contribution in [0.2, 0.25) is 0 Å². The number of rotatable bonds is 28. The van der Waals surface area contributed by atoms with Gasteiger partial charge in [0.1, 0.15) is 48.0 Å². The van der Waals surface area contributed by atoms with Crippen LogP contribution in [0.15, 0.2) is 41.8 Å². The smallest absolute Gasteiger partial charge is 0.326 e. The van der Waals surface area contributed by atoms with Gasteiger partial charge in [-0.1, -0.05) is 66.5 Å². The molecule has 3 rings (SSSR count). The Morgan fingerprint density at radius 1 is 0.797 bits per heavy atom. The molecule has 1 aromatic heterocycles. The third kappa shape index (κ3) is 17.7. The Kier molecular flexibility index (Phi) is 22.9. The summed E-state index contributed by atoms with van der Waals surface area (Å²) in [5.41, 5.74) is 11.9. The van der Waals surface area contributed by atoms with E-state index in [0.29, 0.717) is 36.9 Å². The number of nitrogens with two attached hydrogens (primary N) is 2. The number of aliphatic carboxylic acids is 1. The number of phenolic OH excluding ortho intramolecular Hbond substituents is 1. The number of H-pyrrole nitrogens is 1. The van der Waals surface area contributed by atoms with Crippen molar-refractivity contribution in [2.24, 2.45) is 34.2 Å². The van der Waals surface area contributed by atoms with Gasteiger partial charge in [-0.15, -0.1) is 0 Å².